The molecule has 1 aromatic heterocycles. The number of aliphatic hydroxyl groups excluding tert-OH is 1. The van der Waals surface area contributed by atoms with E-state index in [9.17, 15) is 14.7 Å². The van der Waals surface area contributed by atoms with Crippen molar-refractivity contribution in [3.8, 4) is 5.75 Å². The quantitative estimate of drug-likeness (QED) is 0.486. The molecule has 1 aromatic carbocycles. The van der Waals surface area contributed by atoms with Gasteiger partial charge < -0.3 is 29.7 Å². The Morgan fingerprint density at radius 1 is 1.15 bits per heavy atom. The molecule has 2 N–H and O–H groups in total. The number of pyridine rings is 1. The van der Waals surface area contributed by atoms with E-state index in [1.54, 1.807) is 47.6 Å². The van der Waals surface area contributed by atoms with Gasteiger partial charge in [0.15, 0.2) is 0 Å². The van der Waals surface area contributed by atoms with Gasteiger partial charge in [-0.1, -0.05) is 6.92 Å². The van der Waals surface area contributed by atoms with Crippen LogP contribution in [-0.2, 0) is 4.74 Å². The van der Waals surface area contributed by atoms with Crippen LogP contribution in [0.3, 0.4) is 0 Å². The number of nitrogens with one attached hydrogen (secondary N) is 1. The lowest BCUT2D eigenvalue weighted by atomic mass is 10.0. The van der Waals surface area contributed by atoms with Gasteiger partial charge in [0.2, 0.25) is 0 Å². The van der Waals surface area contributed by atoms with Gasteiger partial charge in [-0.05, 0) is 89.2 Å². The van der Waals surface area contributed by atoms with Gasteiger partial charge in [-0.2, -0.15) is 0 Å². The summed E-state index contributed by atoms with van der Waals surface area (Å²) in [4.78, 5) is 35.1. The lowest BCUT2D eigenvalue weighted by molar-refractivity contribution is -0.0172. The van der Waals surface area contributed by atoms with Gasteiger partial charge in [-0.15, -0.1) is 0 Å². The van der Waals surface area contributed by atoms with E-state index in [0.29, 0.717) is 35.7 Å². The minimum atomic E-state index is -0.414. The number of carbonyl (C=O) groups excluding carboxylic acids is 2. The number of ether oxygens (including phenoxy) is 2. The molecule has 0 spiro atoms. The summed E-state index contributed by atoms with van der Waals surface area (Å²) in [6, 6.07) is 8.04. The van der Waals surface area contributed by atoms with Gasteiger partial charge in [-0.3, -0.25) is 14.6 Å². The van der Waals surface area contributed by atoms with E-state index in [1.807, 2.05) is 13.8 Å². The Morgan fingerprint density at radius 2 is 1.90 bits per heavy atom. The normalized spacial score (nSPS) is 23.3. The zero-order valence-electron chi connectivity index (χ0n) is 24.9. The highest BCUT2D eigenvalue weighted by Crippen LogP contribution is 2.31. The fourth-order valence-electron chi connectivity index (χ4n) is 5.29. The Kier molecular flexibility index (Phi) is 11.1. The predicted octanol–water partition coefficient (Wildman–Crippen LogP) is 4.47. The molecule has 0 bridgehead atoms. The molecular formula is C32H46N4O5. The summed E-state index contributed by atoms with van der Waals surface area (Å²) in [6.07, 6.45) is 8.30. The van der Waals surface area contributed by atoms with Crippen LogP contribution < -0.4 is 10.1 Å². The summed E-state index contributed by atoms with van der Waals surface area (Å²) in [5, 5.41) is 13.0. The van der Waals surface area contributed by atoms with Crippen LogP contribution in [-0.4, -0.2) is 89.9 Å². The van der Waals surface area contributed by atoms with E-state index in [4.69, 9.17) is 9.47 Å². The van der Waals surface area contributed by atoms with Crippen molar-refractivity contribution in [2.75, 3.05) is 45.2 Å². The molecule has 1 aliphatic carbocycles. The van der Waals surface area contributed by atoms with Crippen LogP contribution in [0.4, 0.5) is 5.69 Å². The zero-order valence-corrected chi connectivity index (χ0v) is 24.9. The van der Waals surface area contributed by atoms with E-state index >= 15 is 0 Å². The van der Waals surface area contributed by atoms with Gasteiger partial charge in [0, 0.05) is 55.8 Å². The van der Waals surface area contributed by atoms with E-state index in [1.165, 1.54) is 12.8 Å². The van der Waals surface area contributed by atoms with Crippen molar-refractivity contribution in [1.82, 2.24) is 14.8 Å². The van der Waals surface area contributed by atoms with E-state index in [0.717, 1.165) is 38.3 Å². The molecule has 4 atom stereocenters. The van der Waals surface area contributed by atoms with Crippen LogP contribution in [0.5, 0.6) is 5.75 Å². The van der Waals surface area contributed by atoms with Crippen molar-refractivity contribution in [2.24, 2.45) is 11.8 Å². The third-order valence-electron chi connectivity index (χ3n) is 8.01. The maximum absolute atomic E-state index is 14.2. The summed E-state index contributed by atoms with van der Waals surface area (Å²) in [5.74, 6) is 0.756. The molecular weight excluding hydrogens is 520 g/mol. The fourth-order valence-corrected chi connectivity index (χ4v) is 5.29. The first-order valence-corrected chi connectivity index (χ1v) is 15.0. The van der Waals surface area contributed by atoms with Gasteiger partial charge >= 0.3 is 0 Å². The summed E-state index contributed by atoms with van der Waals surface area (Å²) in [7, 11) is 2.15. The lowest BCUT2D eigenvalue weighted by Gasteiger charge is -2.36. The van der Waals surface area contributed by atoms with Crippen molar-refractivity contribution in [1.29, 1.82) is 0 Å². The first-order chi connectivity index (χ1) is 19.7. The monoisotopic (exact) mass is 566 g/mol. The Bertz CT molecular complexity index is 1140. The second-order valence-electron chi connectivity index (χ2n) is 11.9. The van der Waals surface area contributed by atoms with Gasteiger partial charge in [0.05, 0.1) is 30.4 Å². The van der Waals surface area contributed by atoms with Gasteiger partial charge in [0.25, 0.3) is 11.8 Å². The molecule has 4 rings (SSSR count). The first-order valence-electron chi connectivity index (χ1n) is 15.0. The number of aliphatic hydroxyl groups is 1. The van der Waals surface area contributed by atoms with Crippen molar-refractivity contribution in [2.45, 2.75) is 71.1 Å². The molecule has 1 saturated carbocycles. The van der Waals surface area contributed by atoms with Gasteiger partial charge in [-0.25, -0.2) is 0 Å². The molecule has 0 unspecified atom stereocenters. The maximum atomic E-state index is 14.2. The lowest BCUT2D eigenvalue weighted by Crippen LogP contribution is -2.47. The Labute approximate surface area is 244 Å². The largest absolute Gasteiger partial charge is 0.490 e. The standard InChI is InChI=1S/C32H46N4O5/c1-22-18-36(23(2)21-37)32(39)28-17-27(34-31(38)26-12-14-33-15-13-26)10-11-29(28)41-24(3)7-5-6-16-40-30(22)20-35(4)19-25-8-9-25/h10-15,17,22-25,30,37H,5-9,16,18-21H2,1-4H3,(H,34,38)/t22-,23+,24-,30-/m0/s1. The van der Waals surface area contributed by atoms with Crippen LogP contribution in [0.25, 0.3) is 0 Å². The number of rotatable bonds is 8. The molecule has 41 heavy (non-hydrogen) atoms. The number of anilines is 1. The van der Waals surface area contributed by atoms with Crippen LogP contribution in [0.1, 0.15) is 73.6 Å². The number of hydrogen-bond acceptors (Lipinski definition) is 7. The molecule has 1 fully saturated rings. The van der Waals surface area contributed by atoms with E-state index in [-0.39, 0.29) is 36.5 Å². The summed E-state index contributed by atoms with van der Waals surface area (Å²) in [5.41, 5.74) is 1.32. The molecule has 2 amide bonds. The topological polar surface area (TPSA) is 104 Å². The second-order valence-corrected chi connectivity index (χ2v) is 11.9. The number of likely N-dealkylation sites (N-methyl/N-ethyl adjacent to an activating group) is 1. The molecule has 1 aliphatic heterocycles. The van der Waals surface area contributed by atoms with Crippen molar-refractivity contribution < 1.29 is 24.2 Å². The highest BCUT2D eigenvalue weighted by molar-refractivity contribution is 6.05. The minimum Gasteiger partial charge on any atom is -0.490 e. The molecule has 2 aliphatic rings. The average molecular weight is 567 g/mol. The second kappa shape index (κ2) is 14.8. The molecule has 0 radical (unpaired) electrons. The Hall–Kier alpha value is -3.01. The number of nitrogens with zero attached hydrogens (tertiary/aromatic N) is 3. The Balaban J connectivity index is 1.62. The number of carbonyl (C=O) groups is 2. The highest BCUT2D eigenvalue weighted by Gasteiger charge is 2.31. The van der Waals surface area contributed by atoms with E-state index in [2.05, 4.69) is 29.2 Å². The van der Waals surface area contributed by atoms with Crippen molar-refractivity contribution >= 4 is 17.5 Å². The number of benzene rings is 1. The molecule has 0 saturated heterocycles. The number of fused-ring (bicyclic) bond motifs is 1. The third kappa shape index (κ3) is 8.99. The smallest absolute Gasteiger partial charge is 0.258 e. The number of amides is 2. The van der Waals surface area contributed by atoms with Crippen LogP contribution in [0.2, 0.25) is 0 Å². The third-order valence-corrected chi connectivity index (χ3v) is 8.01. The predicted molar refractivity (Wildman–Crippen MR) is 159 cm³/mol. The first kappa shape index (κ1) is 30.9. The molecule has 9 nitrogen and oxygen atoms in total. The molecule has 2 aromatic rings. The molecule has 2 heterocycles. The van der Waals surface area contributed by atoms with Crippen molar-refractivity contribution in [3.05, 3.63) is 53.9 Å². The van der Waals surface area contributed by atoms with Crippen LogP contribution >= 0.6 is 0 Å². The maximum Gasteiger partial charge on any atom is 0.258 e. The fraction of sp³-hybridized carbons (Fsp3) is 0.594. The minimum absolute atomic E-state index is 0.0374. The highest BCUT2D eigenvalue weighted by atomic mass is 16.5. The van der Waals surface area contributed by atoms with Crippen molar-refractivity contribution in [3.63, 3.8) is 0 Å². The molecule has 9 heteroatoms. The van der Waals surface area contributed by atoms with E-state index < -0.39 is 6.04 Å². The summed E-state index contributed by atoms with van der Waals surface area (Å²) in [6.45, 7) is 8.76. The SMILES string of the molecule is C[C@H](CO)N1C[C@H](C)[C@H](CN(C)CC2CC2)OCCCC[C@H](C)Oc2ccc(NC(=O)c3ccncc3)cc2C1=O. The average Bonchev–Trinajstić information content (AvgIpc) is 3.78. The summed E-state index contributed by atoms with van der Waals surface area (Å²) < 4.78 is 12.7. The zero-order chi connectivity index (χ0) is 29.4. The van der Waals surface area contributed by atoms with Crippen LogP contribution in [0.15, 0.2) is 42.7 Å². The van der Waals surface area contributed by atoms with Crippen LogP contribution in [0, 0.1) is 11.8 Å². The summed E-state index contributed by atoms with van der Waals surface area (Å²) >= 11 is 0. The Morgan fingerprint density at radius 3 is 2.61 bits per heavy atom. The number of aromatic nitrogens is 1. The number of hydrogen-bond donors (Lipinski definition) is 2. The molecule has 224 valence electrons. The van der Waals surface area contributed by atoms with Gasteiger partial charge in [0.1, 0.15) is 5.75 Å².